The lowest BCUT2D eigenvalue weighted by Gasteiger charge is -2.28. The van der Waals surface area contributed by atoms with Crippen molar-refractivity contribution in [3.05, 3.63) is 175 Å². The second-order valence-corrected chi connectivity index (χ2v) is 15.6. The van der Waals surface area contributed by atoms with Gasteiger partial charge in [-0.1, -0.05) is 123 Å². The number of furan rings is 1. The molecule has 2 aromatic heterocycles. The van der Waals surface area contributed by atoms with E-state index in [1.54, 1.807) is 0 Å². The summed E-state index contributed by atoms with van der Waals surface area (Å²) in [5.74, 6) is 0. The fraction of sp³-hybridized carbons (Fsp3) is 0.0612. The lowest BCUT2D eigenvalue weighted by Crippen LogP contribution is -2.16. The minimum atomic E-state index is -0.108. The van der Waals surface area contributed by atoms with E-state index in [2.05, 4.69) is 183 Å². The van der Waals surface area contributed by atoms with E-state index < -0.39 is 0 Å². The van der Waals surface area contributed by atoms with Crippen LogP contribution in [0.1, 0.15) is 25.0 Å². The molecule has 1 aliphatic rings. The van der Waals surface area contributed by atoms with Crippen LogP contribution < -0.4 is 4.90 Å². The van der Waals surface area contributed by atoms with Crippen LogP contribution >= 0.6 is 11.3 Å². The van der Waals surface area contributed by atoms with E-state index in [1.165, 1.54) is 64.3 Å². The van der Waals surface area contributed by atoms with Gasteiger partial charge >= 0.3 is 0 Å². The van der Waals surface area contributed by atoms with Crippen LogP contribution in [0.25, 0.3) is 75.1 Å². The first-order valence-corrected chi connectivity index (χ1v) is 18.7. The molecule has 10 aromatic rings. The molecule has 0 N–H and O–H groups in total. The second kappa shape index (κ2) is 10.9. The molecule has 0 fully saturated rings. The van der Waals surface area contributed by atoms with Crippen LogP contribution in [0.2, 0.25) is 0 Å². The van der Waals surface area contributed by atoms with Crippen LogP contribution in [0.4, 0.5) is 17.1 Å². The minimum Gasteiger partial charge on any atom is -0.456 e. The Morgan fingerprint density at radius 2 is 1.08 bits per heavy atom. The molecule has 246 valence electrons. The van der Waals surface area contributed by atoms with E-state index in [0.29, 0.717) is 0 Å². The highest BCUT2D eigenvalue weighted by Gasteiger charge is 2.35. The summed E-state index contributed by atoms with van der Waals surface area (Å²) in [4.78, 5) is 2.41. The average Bonchev–Trinajstić information content (AvgIpc) is 3.82. The first-order valence-electron chi connectivity index (χ1n) is 17.9. The summed E-state index contributed by atoms with van der Waals surface area (Å²) in [6, 6.07) is 59.8. The summed E-state index contributed by atoms with van der Waals surface area (Å²) in [6.45, 7) is 4.70. The fourth-order valence-corrected chi connectivity index (χ4v) is 9.90. The molecule has 3 heteroatoms. The van der Waals surface area contributed by atoms with E-state index in [9.17, 15) is 0 Å². The molecule has 8 aromatic carbocycles. The molecular formula is C49H33NOS. The molecule has 11 rings (SSSR count). The highest BCUT2D eigenvalue weighted by molar-refractivity contribution is 7.25. The van der Waals surface area contributed by atoms with Crippen LogP contribution in [0.15, 0.2) is 168 Å². The zero-order valence-electron chi connectivity index (χ0n) is 28.9. The third kappa shape index (κ3) is 4.23. The van der Waals surface area contributed by atoms with Gasteiger partial charge in [-0.2, -0.15) is 0 Å². The number of thiophene rings is 1. The number of anilines is 3. The van der Waals surface area contributed by atoms with E-state index in [4.69, 9.17) is 4.42 Å². The number of hydrogen-bond acceptors (Lipinski definition) is 3. The van der Waals surface area contributed by atoms with Gasteiger partial charge in [-0.15, -0.1) is 11.3 Å². The van der Waals surface area contributed by atoms with Crippen LogP contribution in [-0.2, 0) is 5.41 Å². The van der Waals surface area contributed by atoms with Gasteiger partial charge in [0.25, 0.3) is 0 Å². The Hall–Kier alpha value is -6.16. The van der Waals surface area contributed by atoms with Crippen molar-refractivity contribution in [2.24, 2.45) is 0 Å². The van der Waals surface area contributed by atoms with Gasteiger partial charge in [0.1, 0.15) is 11.2 Å². The largest absolute Gasteiger partial charge is 0.456 e. The van der Waals surface area contributed by atoms with Gasteiger partial charge in [0.05, 0.1) is 0 Å². The van der Waals surface area contributed by atoms with Crippen LogP contribution in [0, 0.1) is 0 Å². The molecule has 0 saturated carbocycles. The summed E-state index contributed by atoms with van der Waals surface area (Å²) < 4.78 is 9.41. The van der Waals surface area contributed by atoms with Crippen LogP contribution in [-0.4, -0.2) is 0 Å². The molecule has 0 amide bonds. The summed E-state index contributed by atoms with van der Waals surface area (Å²) in [5.41, 5.74) is 12.7. The van der Waals surface area contributed by atoms with E-state index in [-0.39, 0.29) is 5.41 Å². The number of rotatable bonds is 4. The molecule has 2 nitrogen and oxygen atoms in total. The summed E-state index contributed by atoms with van der Waals surface area (Å²) in [7, 11) is 0. The third-order valence-corrected chi connectivity index (χ3v) is 12.4. The van der Waals surface area contributed by atoms with Gasteiger partial charge in [0.2, 0.25) is 0 Å². The molecule has 0 spiro atoms. The maximum absolute atomic E-state index is 6.82. The Bertz CT molecular complexity index is 3060. The topological polar surface area (TPSA) is 16.4 Å². The Kier molecular flexibility index (Phi) is 6.21. The molecule has 0 unspecified atom stereocenters. The van der Waals surface area contributed by atoms with Gasteiger partial charge in [-0.05, 0) is 92.7 Å². The van der Waals surface area contributed by atoms with Gasteiger partial charge in [-0.3, -0.25) is 0 Å². The summed E-state index contributed by atoms with van der Waals surface area (Å²) in [6.07, 6.45) is 0. The third-order valence-electron chi connectivity index (χ3n) is 11.3. The van der Waals surface area contributed by atoms with E-state index >= 15 is 0 Å². The smallest absolute Gasteiger partial charge is 0.137 e. The molecule has 1 aliphatic carbocycles. The zero-order chi connectivity index (χ0) is 34.6. The molecule has 0 atom stereocenters. The van der Waals surface area contributed by atoms with Gasteiger partial charge in [0, 0.05) is 59.5 Å². The highest BCUT2D eigenvalue weighted by atomic mass is 32.1. The van der Waals surface area contributed by atoms with Crippen molar-refractivity contribution in [3.63, 3.8) is 0 Å². The minimum absolute atomic E-state index is 0.108. The average molecular weight is 684 g/mol. The molecule has 2 heterocycles. The zero-order valence-corrected chi connectivity index (χ0v) is 29.7. The quantitative estimate of drug-likeness (QED) is 0.184. The van der Waals surface area contributed by atoms with Gasteiger partial charge in [0.15, 0.2) is 0 Å². The SMILES string of the molecule is CC1(C)c2ccccc2-c2ccc(N(c3ccc4c(c3)oc3cc(-c5ccccc5)c5ccccc5c34)c3ccc4c(c3)sc3ccccc34)cc21. The normalized spacial score (nSPS) is 13.3. The monoisotopic (exact) mass is 683 g/mol. The Morgan fingerprint density at radius 3 is 1.94 bits per heavy atom. The van der Waals surface area contributed by atoms with E-state index in [1.807, 2.05) is 11.3 Å². The molecule has 0 bridgehead atoms. The highest BCUT2D eigenvalue weighted by Crippen LogP contribution is 2.51. The first kappa shape index (κ1) is 29.6. The van der Waals surface area contributed by atoms with Crippen molar-refractivity contribution in [2.75, 3.05) is 4.90 Å². The van der Waals surface area contributed by atoms with Crippen molar-refractivity contribution >= 4 is 81.3 Å². The number of fused-ring (bicyclic) bond motifs is 11. The van der Waals surface area contributed by atoms with Crippen molar-refractivity contribution < 1.29 is 4.42 Å². The van der Waals surface area contributed by atoms with Crippen molar-refractivity contribution in [3.8, 4) is 22.3 Å². The standard InChI is InChI=1S/C49H33NOS/c1-49(2)42-18-10-8-15-35(42)36-23-20-31(26-43(36)49)50(33-21-24-38-37-16-9-11-19-46(37)52-47(38)28-33)32-22-25-40-44(27-32)51-45-29-41(30-12-4-3-5-13-30)34-14-6-7-17-39(34)48(40)45/h3-29H,1-2H3. The maximum atomic E-state index is 6.82. The van der Waals surface area contributed by atoms with Gasteiger partial charge in [-0.25, -0.2) is 0 Å². The summed E-state index contributed by atoms with van der Waals surface area (Å²) >= 11 is 1.86. The molecular weight excluding hydrogens is 651 g/mol. The fourth-order valence-electron chi connectivity index (χ4n) is 8.76. The summed E-state index contributed by atoms with van der Waals surface area (Å²) in [5, 5.41) is 7.32. The van der Waals surface area contributed by atoms with Gasteiger partial charge < -0.3 is 9.32 Å². The lowest BCUT2D eigenvalue weighted by molar-refractivity contribution is 0.660. The predicted octanol–water partition coefficient (Wildman–Crippen LogP) is 14.6. The lowest BCUT2D eigenvalue weighted by atomic mass is 9.82. The number of benzene rings is 8. The molecule has 0 aliphatic heterocycles. The second-order valence-electron chi connectivity index (χ2n) is 14.5. The number of nitrogens with zero attached hydrogens (tertiary/aromatic N) is 1. The van der Waals surface area contributed by atoms with Crippen LogP contribution in [0.3, 0.4) is 0 Å². The van der Waals surface area contributed by atoms with E-state index in [0.717, 1.165) is 39.0 Å². The van der Waals surface area contributed by atoms with Crippen molar-refractivity contribution in [2.45, 2.75) is 19.3 Å². The van der Waals surface area contributed by atoms with Crippen molar-refractivity contribution in [1.82, 2.24) is 0 Å². The Labute approximate surface area is 305 Å². The van der Waals surface area contributed by atoms with Crippen LogP contribution in [0.5, 0.6) is 0 Å². The molecule has 0 radical (unpaired) electrons. The predicted molar refractivity (Wildman–Crippen MR) is 222 cm³/mol. The molecule has 52 heavy (non-hydrogen) atoms. The first-order chi connectivity index (χ1) is 25.5. The Balaban J connectivity index is 1.14. The van der Waals surface area contributed by atoms with Crippen molar-refractivity contribution in [1.29, 1.82) is 0 Å². The molecule has 0 saturated heterocycles. The number of hydrogen-bond donors (Lipinski definition) is 0. The maximum Gasteiger partial charge on any atom is 0.137 e. The Morgan fingerprint density at radius 1 is 0.442 bits per heavy atom.